The second kappa shape index (κ2) is 19.9. The number of hydrogen-bond acceptors (Lipinski definition) is 6. The number of esters is 1. The van der Waals surface area contributed by atoms with Crippen LogP contribution in [-0.4, -0.2) is 28.9 Å². The van der Waals surface area contributed by atoms with E-state index in [-0.39, 0.29) is 32.0 Å². The van der Waals surface area contributed by atoms with Crippen LogP contribution in [0.5, 0.6) is 5.75 Å². The molecule has 0 aliphatic heterocycles. The van der Waals surface area contributed by atoms with Crippen molar-refractivity contribution in [2.24, 2.45) is 0 Å². The SMILES string of the molecule is O=C(CCCCCCCCCc1ccc(O)cc1)N[C@H](CCC(=O)OCc1ccccc1)C(=O)NOCc1ccccc1. The number of carbonyl (C=O) groups is 3. The number of benzene rings is 3. The van der Waals surface area contributed by atoms with Crippen molar-refractivity contribution in [3.8, 4) is 5.75 Å². The predicted molar refractivity (Wildman–Crippen MR) is 166 cm³/mol. The average molecular weight is 589 g/mol. The number of ether oxygens (including phenoxy) is 1. The van der Waals surface area contributed by atoms with Crippen LogP contribution in [0.1, 0.15) is 80.9 Å². The first kappa shape index (κ1) is 33.3. The van der Waals surface area contributed by atoms with Gasteiger partial charge in [-0.25, -0.2) is 5.48 Å². The summed E-state index contributed by atoms with van der Waals surface area (Å²) < 4.78 is 5.33. The minimum atomic E-state index is -0.916. The fourth-order valence-electron chi connectivity index (χ4n) is 4.60. The third-order valence-electron chi connectivity index (χ3n) is 7.09. The molecule has 8 heteroatoms. The quantitative estimate of drug-likeness (QED) is 0.0810. The van der Waals surface area contributed by atoms with Crippen molar-refractivity contribution in [1.29, 1.82) is 0 Å². The number of aryl methyl sites for hydroxylation is 1. The molecule has 3 aromatic carbocycles. The summed E-state index contributed by atoms with van der Waals surface area (Å²) in [4.78, 5) is 43.2. The average Bonchev–Trinajstić information content (AvgIpc) is 3.03. The molecule has 3 aromatic rings. The molecule has 0 unspecified atom stereocenters. The molecule has 1 atom stereocenters. The van der Waals surface area contributed by atoms with Crippen molar-refractivity contribution in [1.82, 2.24) is 10.8 Å². The summed E-state index contributed by atoms with van der Waals surface area (Å²) in [6.07, 6.45) is 8.67. The number of carbonyl (C=O) groups excluding carboxylic acids is 3. The van der Waals surface area contributed by atoms with E-state index >= 15 is 0 Å². The fourth-order valence-corrected chi connectivity index (χ4v) is 4.60. The third-order valence-corrected chi connectivity index (χ3v) is 7.09. The normalized spacial score (nSPS) is 11.4. The summed E-state index contributed by atoms with van der Waals surface area (Å²) in [6.45, 7) is 0.338. The summed E-state index contributed by atoms with van der Waals surface area (Å²) in [5.74, 6) is -0.880. The Morgan fingerprint density at radius 1 is 0.651 bits per heavy atom. The van der Waals surface area contributed by atoms with E-state index in [9.17, 15) is 19.5 Å². The standard InChI is InChI=1S/C35H44N2O6/c38-31-22-20-28(21-23-31)14-8-4-2-1-3-5-13-19-33(39)36-32(35(41)37-43-27-30-17-11-7-12-18-30)24-25-34(40)42-26-29-15-9-6-10-16-29/h6-7,9-12,15-18,20-23,32,38H,1-5,8,13-14,19,24-27H2,(H,36,39)(H,37,41)/t32-/m1/s1. The zero-order chi connectivity index (χ0) is 30.5. The Labute approximate surface area is 254 Å². The zero-order valence-corrected chi connectivity index (χ0v) is 24.8. The number of phenols is 1. The molecule has 0 aliphatic carbocycles. The molecule has 0 heterocycles. The van der Waals surface area contributed by atoms with E-state index in [1.165, 1.54) is 5.56 Å². The highest BCUT2D eigenvalue weighted by atomic mass is 16.6. The van der Waals surface area contributed by atoms with Gasteiger partial charge < -0.3 is 15.2 Å². The first-order valence-electron chi connectivity index (χ1n) is 15.2. The van der Waals surface area contributed by atoms with Gasteiger partial charge in [-0.05, 0) is 54.5 Å². The van der Waals surface area contributed by atoms with Crippen molar-refractivity contribution in [2.75, 3.05) is 0 Å². The smallest absolute Gasteiger partial charge is 0.306 e. The van der Waals surface area contributed by atoms with Gasteiger partial charge in [0, 0.05) is 12.8 Å². The zero-order valence-electron chi connectivity index (χ0n) is 24.8. The van der Waals surface area contributed by atoms with Crippen molar-refractivity contribution in [2.45, 2.75) is 89.9 Å². The molecule has 0 bridgehead atoms. The van der Waals surface area contributed by atoms with E-state index in [2.05, 4.69) is 10.8 Å². The number of nitrogens with one attached hydrogen (secondary N) is 2. The van der Waals surface area contributed by atoms with Gasteiger partial charge in [0.15, 0.2) is 0 Å². The van der Waals surface area contributed by atoms with Gasteiger partial charge in [-0.15, -0.1) is 0 Å². The minimum absolute atomic E-state index is 0.0172. The van der Waals surface area contributed by atoms with E-state index in [0.717, 1.165) is 62.5 Å². The third kappa shape index (κ3) is 14.5. The molecule has 3 N–H and O–H groups in total. The molecular formula is C35H44N2O6. The molecule has 0 radical (unpaired) electrons. The number of unbranched alkanes of at least 4 members (excludes halogenated alkanes) is 6. The molecule has 0 fully saturated rings. The summed E-state index contributed by atoms with van der Waals surface area (Å²) in [6, 6.07) is 25.2. The summed E-state index contributed by atoms with van der Waals surface area (Å²) >= 11 is 0. The minimum Gasteiger partial charge on any atom is -0.508 e. The molecule has 0 aromatic heterocycles. The monoisotopic (exact) mass is 588 g/mol. The maximum absolute atomic E-state index is 12.9. The van der Waals surface area contributed by atoms with Crippen molar-refractivity contribution in [3.05, 3.63) is 102 Å². The summed E-state index contributed by atoms with van der Waals surface area (Å²) in [7, 11) is 0. The van der Waals surface area contributed by atoms with Gasteiger partial charge in [0.25, 0.3) is 5.91 Å². The Morgan fingerprint density at radius 3 is 1.88 bits per heavy atom. The topological polar surface area (TPSA) is 114 Å². The largest absolute Gasteiger partial charge is 0.508 e. The number of hydrogen-bond donors (Lipinski definition) is 3. The Morgan fingerprint density at radius 2 is 1.23 bits per heavy atom. The lowest BCUT2D eigenvalue weighted by molar-refractivity contribution is -0.146. The highest BCUT2D eigenvalue weighted by Crippen LogP contribution is 2.14. The van der Waals surface area contributed by atoms with Gasteiger partial charge in [0.1, 0.15) is 18.4 Å². The number of rotatable bonds is 20. The second-order valence-electron chi connectivity index (χ2n) is 10.7. The molecule has 3 rings (SSSR count). The van der Waals surface area contributed by atoms with Gasteiger partial charge in [-0.1, -0.05) is 105 Å². The number of hydroxylamine groups is 1. The lowest BCUT2D eigenvalue weighted by Gasteiger charge is -2.18. The van der Waals surface area contributed by atoms with Crippen LogP contribution >= 0.6 is 0 Å². The van der Waals surface area contributed by atoms with Crippen molar-refractivity contribution in [3.63, 3.8) is 0 Å². The van der Waals surface area contributed by atoms with Crippen LogP contribution in [0, 0.1) is 0 Å². The van der Waals surface area contributed by atoms with Gasteiger partial charge in [-0.3, -0.25) is 19.2 Å². The fraction of sp³-hybridized carbons (Fsp3) is 0.400. The summed E-state index contributed by atoms with van der Waals surface area (Å²) in [5, 5.41) is 12.1. The molecule has 0 saturated carbocycles. The van der Waals surface area contributed by atoms with Crippen LogP contribution in [0.15, 0.2) is 84.9 Å². The molecule has 230 valence electrons. The summed E-state index contributed by atoms with van der Waals surface area (Å²) in [5.41, 5.74) is 5.42. The van der Waals surface area contributed by atoms with Gasteiger partial charge >= 0.3 is 5.97 Å². The molecule has 0 spiro atoms. The molecule has 43 heavy (non-hydrogen) atoms. The van der Waals surface area contributed by atoms with E-state index in [1.807, 2.05) is 72.8 Å². The molecule has 0 saturated heterocycles. The molecule has 8 nitrogen and oxygen atoms in total. The molecule has 2 amide bonds. The van der Waals surface area contributed by atoms with Crippen LogP contribution in [0.2, 0.25) is 0 Å². The maximum Gasteiger partial charge on any atom is 0.306 e. The van der Waals surface area contributed by atoms with E-state index < -0.39 is 17.9 Å². The van der Waals surface area contributed by atoms with Crippen LogP contribution in [0.4, 0.5) is 0 Å². The lowest BCUT2D eigenvalue weighted by Crippen LogP contribution is -2.46. The Bertz CT molecular complexity index is 1220. The van der Waals surface area contributed by atoms with Crippen LogP contribution < -0.4 is 10.8 Å². The van der Waals surface area contributed by atoms with E-state index in [4.69, 9.17) is 9.57 Å². The maximum atomic E-state index is 12.9. The first-order chi connectivity index (χ1) is 21.0. The van der Waals surface area contributed by atoms with Gasteiger partial charge in [0.05, 0.1) is 6.61 Å². The predicted octanol–water partition coefficient (Wildman–Crippen LogP) is 6.31. The lowest BCUT2D eigenvalue weighted by atomic mass is 10.0. The second-order valence-corrected chi connectivity index (χ2v) is 10.7. The number of phenolic OH excluding ortho intramolecular Hbond substituents is 1. The Balaban J connectivity index is 1.34. The van der Waals surface area contributed by atoms with Crippen molar-refractivity contribution < 1.29 is 29.1 Å². The van der Waals surface area contributed by atoms with Crippen LogP contribution in [0.3, 0.4) is 0 Å². The Hall–Kier alpha value is -4.17. The van der Waals surface area contributed by atoms with E-state index in [1.54, 1.807) is 12.1 Å². The highest BCUT2D eigenvalue weighted by molar-refractivity contribution is 5.87. The van der Waals surface area contributed by atoms with Gasteiger partial charge in [0.2, 0.25) is 5.91 Å². The van der Waals surface area contributed by atoms with Gasteiger partial charge in [-0.2, -0.15) is 0 Å². The molecular weight excluding hydrogens is 544 g/mol. The highest BCUT2D eigenvalue weighted by Gasteiger charge is 2.22. The number of amides is 2. The molecule has 0 aliphatic rings. The van der Waals surface area contributed by atoms with Crippen LogP contribution in [-0.2, 0) is 43.6 Å². The first-order valence-corrected chi connectivity index (χ1v) is 15.2. The van der Waals surface area contributed by atoms with Crippen LogP contribution in [0.25, 0.3) is 0 Å². The number of aromatic hydroxyl groups is 1. The van der Waals surface area contributed by atoms with E-state index in [0.29, 0.717) is 12.2 Å². The Kier molecular flexibility index (Phi) is 15.4. The van der Waals surface area contributed by atoms with Crippen molar-refractivity contribution >= 4 is 17.8 Å².